The Kier molecular flexibility index (Phi) is 5.26. The highest BCUT2D eigenvalue weighted by Crippen LogP contribution is 2.33. The maximum absolute atomic E-state index is 12.3. The van der Waals surface area contributed by atoms with Crippen molar-refractivity contribution in [2.45, 2.75) is 31.5 Å². The minimum absolute atomic E-state index is 0.109. The largest absolute Gasteiger partial charge is 0.385 e. The monoisotopic (exact) mass is 482 g/mol. The lowest BCUT2D eigenvalue weighted by molar-refractivity contribution is -0.914. The second kappa shape index (κ2) is 8.17. The number of halogens is 2. The highest BCUT2D eigenvalue weighted by Gasteiger charge is 2.37. The predicted octanol–water partition coefficient (Wildman–Crippen LogP) is 3.33. The van der Waals surface area contributed by atoms with Crippen LogP contribution in [0.2, 0.25) is 10.0 Å². The Balaban J connectivity index is 1.26. The van der Waals surface area contributed by atoms with Crippen molar-refractivity contribution < 1.29 is 10.0 Å². The van der Waals surface area contributed by atoms with Gasteiger partial charge in [-0.05, 0) is 48.9 Å². The van der Waals surface area contributed by atoms with Crippen LogP contribution in [-0.2, 0) is 13.1 Å². The molecule has 6 rings (SSSR count). The van der Waals surface area contributed by atoms with E-state index >= 15 is 0 Å². The number of pyridine rings is 1. The molecule has 0 spiro atoms. The van der Waals surface area contributed by atoms with Crippen LogP contribution in [-0.4, -0.2) is 40.0 Å². The molecule has 33 heavy (non-hydrogen) atoms. The van der Waals surface area contributed by atoms with Crippen molar-refractivity contribution in [2.24, 2.45) is 5.92 Å². The maximum Gasteiger partial charge on any atom is 0.250 e. The van der Waals surface area contributed by atoms with Gasteiger partial charge in [-0.2, -0.15) is 0 Å². The van der Waals surface area contributed by atoms with Gasteiger partial charge in [0.15, 0.2) is 0 Å². The van der Waals surface area contributed by atoms with Gasteiger partial charge in [-0.15, -0.1) is 0 Å². The van der Waals surface area contributed by atoms with E-state index in [1.807, 2.05) is 47.0 Å². The summed E-state index contributed by atoms with van der Waals surface area (Å²) in [6.45, 7) is 3.94. The van der Waals surface area contributed by atoms with Gasteiger partial charge in [0.25, 0.3) is 5.56 Å². The van der Waals surface area contributed by atoms with Gasteiger partial charge in [-0.25, -0.2) is 0 Å². The number of aliphatic hydroxyl groups excluding tert-OH is 1. The Morgan fingerprint density at radius 3 is 2.39 bits per heavy atom. The number of fused-ring (bicyclic) bond motifs is 7. The molecule has 1 saturated heterocycles. The maximum atomic E-state index is 12.3. The van der Waals surface area contributed by atoms with Crippen molar-refractivity contribution in [1.29, 1.82) is 0 Å². The number of quaternary nitrogens is 1. The molecular formula is C26H26Cl2N3O2+. The Morgan fingerprint density at radius 2 is 1.70 bits per heavy atom. The molecule has 2 aliphatic rings. The SMILES string of the molecule is O=c1cccc2n1C[C@H]1C[C@@H]2C[NH+](C[C@H](O)Cn2c3ccc(Cl)cc3c3cc(Cl)ccc32)C1. The van der Waals surface area contributed by atoms with Crippen LogP contribution < -0.4 is 10.5 Å². The number of likely N-dealkylation sites (tertiary alicyclic amines) is 1. The zero-order valence-electron chi connectivity index (χ0n) is 18.2. The third-order valence-corrected chi connectivity index (χ3v) is 7.85. The highest BCUT2D eigenvalue weighted by molar-refractivity contribution is 6.33. The van der Waals surface area contributed by atoms with Crippen LogP contribution in [0.25, 0.3) is 21.8 Å². The molecule has 0 amide bonds. The van der Waals surface area contributed by atoms with Crippen molar-refractivity contribution >= 4 is 45.0 Å². The number of benzene rings is 2. The molecule has 2 aliphatic heterocycles. The molecule has 1 fully saturated rings. The summed E-state index contributed by atoms with van der Waals surface area (Å²) >= 11 is 12.6. The topological polar surface area (TPSA) is 51.6 Å². The minimum Gasteiger partial charge on any atom is -0.385 e. The minimum atomic E-state index is -0.484. The lowest BCUT2D eigenvalue weighted by Gasteiger charge is -2.40. The number of hydrogen-bond donors (Lipinski definition) is 2. The van der Waals surface area contributed by atoms with Gasteiger partial charge in [0, 0.05) is 62.0 Å². The lowest BCUT2D eigenvalue weighted by Crippen LogP contribution is -3.15. The molecule has 0 radical (unpaired) electrons. The van der Waals surface area contributed by atoms with E-state index in [1.165, 1.54) is 4.90 Å². The first-order valence-corrected chi connectivity index (χ1v) is 12.3. The molecule has 2 aromatic heterocycles. The molecule has 5 nitrogen and oxygen atoms in total. The van der Waals surface area contributed by atoms with E-state index in [4.69, 9.17) is 23.2 Å². The second-order valence-corrected chi connectivity index (χ2v) is 10.5. The van der Waals surface area contributed by atoms with E-state index in [0.29, 0.717) is 35.0 Å². The van der Waals surface area contributed by atoms with Gasteiger partial charge in [0.1, 0.15) is 12.6 Å². The average Bonchev–Trinajstić information content (AvgIpc) is 3.06. The number of aromatic nitrogens is 2. The molecule has 7 heteroatoms. The van der Waals surface area contributed by atoms with Crippen molar-refractivity contribution in [3.63, 3.8) is 0 Å². The first-order chi connectivity index (χ1) is 16.0. The number of nitrogens with one attached hydrogen (secondary N) is 1. The fourth-order valence-electron chi connectivity index (χ4n) is 6.14. The fraction of sp³-hybridized carbons (Fsp3) is 0.346. The zero-order valence-corrected chi connectivity index (χ0v) is 19.7. The van der Waals surface area contributed by atoms with Crippen LogP contribution >= 0.6 is 23.2 Å². The van der Waals surface area contributed by atoms with Crippen LogP contribution in [0.4, 0.5) is 0 Å². The van der Waals surface area contributed by atoms with Crippen molar-refractivity contribution in [1.82, 2.24) is 9.13 Å². The number of rotatable bonds is 4. The fourth-order valence-corrected chi connectivity index (χ4v) is 6.48. The van der Waals surface area contributed by atoms with E-state index in [1.54, 1.807) is 6.07 Å². The number of aliphatic hydroxyl groups is 1. The molecule has 1 unspecified atom stereocenters. The first kappa shape index (κ1) is 21.2. The summed E-state index contributed by atoms with van der Waals surface area (Å²) in [4.78, 5) is 13.7. The summed E-state index contributed by atoms with van der Waals surface area (Å²) in [6.07, 6.45) is 0.652. The van der Waals surface area contributed by atoms with Crippen LogP contribution in [0.1, 0.15) is 18.0 Å². The molecule has 4 heterocycles. The Labute approximate surface area is 201 Å². The zero-order chi connectivity index (χ0) is 22.7. The van der Waals surface area contributed by atoms with Gasteiger partial charge < -0.3 is 19.1 Å². The predicted molar refractivity (Wildman–Crippen MR) is 133 cm³/mol. The van der Waals surface area contributed by atoms with Gasteiger partial charge in [0.05, 0.1) is 19.6 Å². The van der Waals surface area contributed by atoms with Crippen LogP contribution in [0.3, 0.4) is 0 Å². The van der Waals surface area contributed by atoms with Gasteiger partial charge in [0.2, 0.25) is 0 Å². The van der Waals surface area contributed by atoms with Crippen molar-refractivity contribution in [2.75, 3.05) is 19.6 Å². The Bertz CT molecular complexity index is 1370. The van der Waals surface area contributed by atoms with Crippen LogP contribution in [0.5, 0.6) is 0 Å². The molecule has 4 aromatic rings. The van der Waals surface area contributed by atoms with Crippen molar-refractivity contribution in [3.8, 4) is 0 Å². The first-order valence-electron chi connectivity index (χ1n) is 11.5. The van der Waals surface area contributed by atoms with Crippen LogP contribution in [0.15, 0.2) is 59.4 Å². The Hall–Kier alpha value is -2.31. The second-order valence-electron chi connectivity index (χ2n) is 9.65. The van der Waals surface area contributed by atoms with Crippen LogP contribution in [0, 0.1) is 5.92 Å². The molecule has 2 aromatic carbocycles. The number of nitrogens with zero attached hydrogens (tertiary/aromatic N) is 2. The summed E-state index contributed by atoms with van der Waals surface area (Å²) in [6, 6.07) is 17.4. The summed E-state index contributed by atoms with van der Waals surface area (Å²) in [5.74, 6) is 0.863. The highest BCUT2D eigenvalue weighted by atomic mass is 35.5. The molecule has 0 saturated carbocycles. The van der Waals surface area contributed by atoms with E-state index in [9.17, 15) is 9.90 Å². The van der Waals surface area contributed by atoms with E-state index in [2.05, 4.69) is 10.6 Å². The Morgan fingerprint density at radius 1 is 1.00 bits per heavy atom. The normalized spacial score (nSPS) is 23.1. The molecule has 2 bridgehead atoms. The van der Waals surface area contributed by atoms with E-state index in [0.717, 1.165) is 53.6 Å². The molecular weight excluding hydrogens is 457 g/mol. The molecule has 0 aliphatic carbocycles. The number of piperidine rings is 1. The molecule has 170 valence electrons. The molecule has 2 N–H and O–H groups in total. The van der Waals surface area contributed by atoms with Gasteiger partial charge >= 0.3 is 0 Å². The molecule has 4 atom stereocenters. The van der Waals surface area contributed by atoms with Crippen molar-refractivity contribution in [3.05, 3.63) is 80.7 Å². The quantitative estimate of drug-likeness (QED) is 0.468. The number of hydrogen-bond acceptors (Lipinski definition) is 2. The van der Waals surface area contributed by atoms with Gasteiger partial charge in [-0.1, -0.05) is 29.3 Å². The summed E-state index contributed by atoms with van der Waals surface area (Å²) in [5, 5.41) is 14.6. The third-order valence-electron chi connectivity index (χ3n) is 7.38. The summed E-state index contributed by atoms with van der Waals surface area (Å²) < 4.78 is 4.14. The lowest BCUT2D eigenvalue weighted by atomic mass is 9.83. The average molecular weight is 483 g/mol. The third kappa shape index (κ3) is 3.77. The van der Waals surface area contributed by atoms with Gasteiger partial charge in [-0.3, -0.25) is 4.79 Å². The summed E-state index contributed by atoms with van der Waals surface area (Å²) in [7, 11) is 0. The smallest absolute Gasteiger partial charge is 0.250 e. The van der Waals surface area contributed by atoms with E-state index in [-0.39, 0.29) is 5.56 Å². The standard InChI is InChI=1S/C26H25Cl2N3O2/c27-18-4-6-24-21(9-18)22-10-19(28)5-7-25(22)30(24)15-20(32)14-29-11-16-8-17(13-29)23-2-1-3-26(33)31(23)12-16/h1-7,9-10,16-17,20,32H,8,11-15H2/p+1/t16-,17+,20-/m0/s1. The van der Waals surface area contributed by atoms with E-state index < -0.39 is 6.10 Å². The summed E-state index contributed by atoms with van der Waals surface area (Å²) in [5.41, 5.74) is 3.36.